The van der Waals surface area contributed by atoms with Crippen LogP contribution in [0.15, 0.2) is 45.3 Å². The number of fused-ring (bicyclic) bond motifs is 1. The number of amides is 1. The molecule has 7 heteroatoms. The fourth-order valence-corrected chi connectivity index (χ4v) is 3.86. The Morgan fingerprint density at radius 2 is 1.90 bits per heavy atom. The van der Waals surface area contributed by atoms with Crippen LogP contribution in [0.25, 0.3) is 10.2 Å². The number of anilines is 2. The van der Waals surface area contributed by atoms with Gasteiger partial charge in [0, 0.05) is 14.5 Å². The van der Waals surface area contributed by atoms with Gasteiger partial charge in [0.1, 0.15) is 0 Å². The Morgan fingerprint density at radius 1 is 1.19 bits per heavy atom. The number of thiazole rings is 1. The molecule has 0 unspecified atom stereocenters. The lowest BCUT2D eigenvalue weighted by Crippen LogP contribution is -2.12. The summed E-state index contributed by atoms with van der Waals surface area (Å²) in [5.74, 6) is -0.184. The van der Waals surface area contributed by atoms with Crippen molar-refractivity contribution >= 4 is 70.1 Å². The number of nitrogens with one attached hydrogen (secondary N) is 1. The first-order chi connectivity index (χ1) is 10.0. The van der Waals surface area contributed by atoms with E-state index < -0.39 is 0 Å². The van der Waals surface area contributed by atoms with Crippen molar-refractivity contribution in [1.29, 1.82) is 0 Å². The molecule has 2 aromatic carbocycles. The minimum Gasteiger partial charge on any atom is -0.375 e. The first-order valence-corrected chi connectivity index (χ1v) is 8.36. The molecule has 21 heavy (non-hydrogen) atoms. The number of hydrogen-bond acceptors (Lipinski definition) is 4. The lowest BCUT2D eigenvalue weighted by Gasteiger charge is -2.09. The summed E-state index contributed by atoms with van der Waals surface area (Å²) in [6, 6.07) is 11.0. The van der Waals surface area contributed by atoms with Crippen LogP contribution in [-0.2, 0) is 0 Å². The van der Waals surface area contributed by atoms with Crippen LogP contribution in [0.5, 0.6) is 0 Å². The first kappa shape index (κ1) is 14.5. The van der Waals surface area contributed by atoms with E-state index in [-0.39, 0.29) is 5.91 Å². The molecule has 0 saturated carbocycles. The molecule has 0 aliphatic rings. The van der Waals surface area contributed by atoms with Crippen LogP contribution >= 0.6 is 43.2 Å². The van der Waals surface area contributed by atoms with E-state index in [4.69, 9.17) is 5.73 Å². The fourth-order valence-electron chi connectivity index (χ4n) is 1.89. The van der Waals surface area contributed by atoms with Gasteiger partial charge >= 0.3 is 0 Å². The summed E-state index contributed by atoms with van der Waals surface area (Å²) in [5.41, 5.74) is 7.74. The van der Waals surface area contributed by atoms with Gasteiger partial charge in [-0.05, 0) is 62.2 Å². The van der Waals surface area contributed by atoms with E-state index in [1.165, 1.54) is 11.3 Å². The second-order valence-corrected chi connectivity index (χ2v) is 7.06. The normalized spacial score (nSPS) is 10.8. The zero-order chi connectivity index (χ0) is 15.0. The lowest BCUT2D eigenvalue weighted by atomic mass is 10.2. The zero-order valence-corrected chi connectivity index (χ0v) is 14.5. The van der Waals surface area contributed by atoms with E-state index in [1.54, 1.807) is 18.2 Å². The highest BCUT2D eigenvalue weighted by Crippen LogP contribution is 2.31. The number of aromatic nitrogens is 1. The van der Waals surface area contributed by atoms with Crippen LogP contribution in [0.4, 0.5) is 10.8 Å². The SMILES string of the molecule is Nc1nc2ccc(C(=O)Nc3c(Br)cccc3Br)cc2s1. The molecule has 0 aliphatic heterocycles. The fraction of sp³-hybridized carbons (Fsp3) is 0. The molecule has 0 aliphatic carbocycles. The molecular formula is C14H9Br2N3OS. The Labute approximate surface area is 141 Å². The van der Waals surface area contributed by atoms with E-state index in [9.17, 15) is 4.79 Å². The highest BCUT2D eigenvalue weighted by Gasteiger charge is 2.12. The van der Waals surface area contributed by atoms with Gasteiger partial charge in [-0.15, -0.1) is 0 Å². The smallest absolute Gasteiger partial charge is 0.255 e. The monoisotopic (exact) mass is 425 g/mol. The molecular weight excluding hydrogens is 418 g/mol. The number of nitrogens with zero attached hydrogens (tertiary/aromatic N) is 1. The van der Waals surface area contributed by atoms with Gasteiger partial charge in [0.15, 0.2) is 5.13 Å². The van der Waals surface area contributed by atoms with Crippen molar-refractivity contribution in [3.8, 4) is 0 Å². The van der Waals surface area contributed by atoms with Crippen molar-refractivity contribution in [2.75, 3.05) is 11.1 Å². The van der Waals surface area contributed by atoms with Gasteiger partial charge in [-0.1, -0.05) is 17.4 Å². The number of benzene rings is 2. The minimum absolute atomic E-state index is 0.184. The summed E-state index contributed by atoms with van der Waals surface area (Å²) in [6.07, 6.45) is 0. The Morgan fingerprint density at radius 3 is 2.62 bits per heavy atom. The topological polar surface area (TPSA) is 68.0 Å². The van der Waals surface area contributed by atoms with Gasteiger partial charge < -0.3 is 11.1 Å². The van der Waals surface area contributed by atoms with Crippen LogP contribution in [0, 0.1) is 0 Å². The Bertz CT molecular complexity index is 827. The quantitative estimate of drug-likeness (QED) is 0.626. The van der Waals surface area contributed by atoms with Crippen molar-refractivity contribution in [3.05, 3.63) is 50.9 Å². The Balaban J connectivity index is 1.93. The third-order valence-electron chi connectivity index (χ3n) is 2.87. The molecule has 1 amide bonds. The summed E-state index contributed by atoms with van der Waals surface area (Å²) in [7, 11) is 0. The van der Waals surface area contributed by atoms with Gasteiger partial charge in [0.25, 0.3) is 5.91 Å². The highest BCUT2D eigenvalue weighted by atomic mass is 79.9. The molecule has 106 valence electrons. The number of para-hydroxylation sites is 1. The van der Waals surface area contributed by atoms with Crippen LogP contribution in [0.2, 0.25) is 0 Å². The third-order valence-corrected chi connectivity index (χ3v) is 5.04. The standard InChI is InChI=1S/C14H9Br2N3OS/c15-8-2-1-3-9(16)12(8)19-13(20)7-4-5-10-11(6-7)21-14(17)18-10/h1-6H,(H2,17,18)(H,19,20). The summed E-state index contributed by atoms with van der Waals surface area (Å²) in [5, 5.41) is 3.38. The van der Waals surface area contributed by atoms with E-state index in [2.05, 4.69) is 42.2 Å². The van der Waals surface area contributed by atoms with Gasteiger partial charge in [-0.3, -0.25) is 4.79 Å². The van der Waals surface area contributed by atoms with E-state index in [0.717, 1.165) is 19.2 Å². The largest absolute Gasteiger partial charge is 0.375 e. The number of rotatable bonds is 2. The molecule has 0 fully saturated rings. The van der Waals surface area contributed by atoms with E-state index in [1.807, 2.05) is 18.2 Å². The summed E-state index contributed by atoms with van der Waals surface area (Å²) >= 11 is 8.21. The van der Waals surface area contributed by atoms with Crippen molar-refractivity contribution in [1.82, 2.24) is 4.98 Å². The van der Waals surface area contributed by atoms with Crippen LogP contribution in [-0.4, -0.2) is 10.9 Å². The molecule has 3 N–H and O–H groups in total. The minimum atomic E-state index is -0.184. The van der Waals surface area contributed by atoms with Crippen molar-refractivity contribution in [3.63, 3.8) is 0 Å². The highest BCUT2D eigenvalue weighted by molar-refractivity contribution is 9.11. The van der Waals surface area contributed by atoms with Gasteiger partial charge in [0.05, 0.1) is 15.9 Å². The first-order valence-electron chi connectivity index (χ1n) is 5.96. The predicted molar refractivity (Wildman–Crippen MR) is 93.8 cm³/mol. The average Bonchev–Trinajstić information content (AvgIpc) is 2.81. The van der Waals surface area contributed by atoms with E-state index in [0.29, 0.717) is 16.4 Å². The van der Waals surface area contributed by atoms with Crippen LogP contribution in [0.3, 0.4) is 0 Å². The summed E-state index contributed by atoms with van der Waals surface area (Å²) in [4.78, 5) is 16.5. The molecule has 0 bridgehead atoms. The molecule has 1 heterocycles. The average molecular weight is 427 g/mol. The Hall–Kier alpha value is -1.44. The molecule has 1 aromatic heterocycles. The molecule has 4 nitrogen and oxygen atoms in total. The Kier molecular flexibility index (Phi) is 3.97. The zero-order valence-electron chi connectivity index (χ0n) is 10.6. The van der Waals surface area contributed by atoms with Crippen LogP contribution in [0.1, 0.15) is 10.4 Å². The van der Waals surface area contributed by atoms with Crippen molar-refractivity contribution in [2.45, 2.75) is 0 Å². The summed E-state index contributed by atoms with van der Waals surface area (Å²) in [6.45, 7) is 0. The molecule has 0 radical (unpaired) electrons. The molecule has 3 rings (SSSR count). The number of nitrogen functional groups attached to an aromatic ring is 1. The maximum atomic E-state index is 12.4. The molecule has 0 atom stereocenters. The van der Waals surface area contributed by atoms with Crippen LogP contribution < -0.4 is 11.1 Å². The summed E-state index contributed by atoms with van der Waals surface area (Å²) < 4.78 is 2.52. The lowest BCUT2D eigenvalue weighted by molar-refractivity contribution is 0.102. The van der Waals surface area contributed by atoms with Gasteiger partial charge in [-0.2, -0.15) is 0 Å². The second kappa shape index (κ2) is 5.75. The maximum Gasteiger partial charge on any atom is 0.255 e. The molecule has 3 aromatic rings. The number of halogens is 2. The number of carbonyl (C=O) groups excluding carboxylic acids is 1. The molecule has 0 saturated heterocycles. The number of hydrogen-bond donors (Lipinski definition) is 2. The van der Waals surface area contributed by atoms with Crippen molar-refractivity contribution < 1.29 is 4.79 Å². The van der Waals surface area contributed by atoms with Gasteiger partial charge in [-0.25, -0.2) is 4.98 Å². The maximum absolute atomic E-state index is 12.4. The van der Waals surface area contributed by atoms with Gasteiger partial charge in [0.2, 0.25) is 0 Å². The third kappa shape index (κ3) is 2.95. The molecule has 0 spiro atoms. The predicted octanol–water partition coefficient (Wildman–Crippen LogP) is 4.66. The number of carbonyl (C=O) groups is 1. The van der Waals surface area contributed by atoms with Crippen molar-refractivity contribution in [2.24, 2.45) is 0 Å². The number of nitrogens with two attached hydrogens (primary N) is 1. The van der Waals surface area contributed by atoms with E-state index >= 15 is 0 Å². The second-order valence-electron chi connectivity index (χ2n) is 4.29.